The standard InChI is InChI=1S/C18H18N4O3/c1-11(2)16-14(7-8-15(23)21-16)18(24)19-9-12-3-5-13(6-4-12)17-20-10-25-22-17/h3-8,10-11H,9H2,1-2H3,(H,19,24)(H,21,23). The minimum absolute atomic E-state index is 0.0453. The molecule has 0 fully saturated rings. The molecule has 2 N–H and O–H groups in total. The SMILES string of the molecule is CC(C)c1[nH]c(=O)ccc1C(=O)NCc1ccc(-c2ncon2)cc1. The molecule has 1 amide bonds. The Labute approximate surface area is 144 Å². The highest BCUT2D eigenvalue weighted by atomic mass is 16.5. The van der Waals surface area contributed by atoms with Gasteiger partial charge < -0.3 is 14.8 Å². The van der Waals surface area contributed by atoms with Gasteiger partial charge in [0.1, 0.15) is 0 Å². The third-order valence-corrected chi connectivity index (χ3v) is 3.80. The second-order valence-corrected chi connectivity index (χ2v) is 5.94. The van der Waals surface area contributed by atoms with E-state index in [0.29, 0.717) is 23.6 Å². The van der Waals surface area contributed by atoms with E-state index in [1.165, 1.54) is 12.5 Å². The number of benzene rings is 1. The number of hydrogen-bond donors (Lipinski definition) is 2. The maximum Gasteiger partial charge on any atom is 0.253 e. The molecular weight excluding hydrogens is 320 g/mol. The van der Waals surface area contributed by atoms with E-state index < -0.39 is 0 Å². The fourth-order valence-electron chi connectivity index (χ4n) is 2.49. The van der Waals surface area contributed by atoms with Gasteiger partial charge in [-0.25, -0.2) is 0 Å². The molecule has 25 heavy (non-hydrogen) atoms. The zero-order valence-electron chi connectivity index (χ0n) is 13.9. The second kappa shape index (κ2) is 7.12. The number of amides is 1. The molecule has 0 aliphatic heterocycles. The number of nitrogens with one attached hydrogen (secondary N) is 2. The van der Waals surface area contributed by atoms with Crippen molar-refractivity contribution in [1.29, 1.82) is 0 Å². The largest absolute Gasteiger partial charge is 0.348 e. The van der Waals surface area contributed by atoms with Crippen LogP contribution in [0.25, 0.3) is 11.4 Å². The summed E-state index contributed by atoms with van der Waals surface area (Å²) in [6, 6.07) is 10.4. The third kappa shape index (κ3) is 3.82. The zero-order valence-corrected chi connectivity index (χ0v) is 13.9. The van der Waals surface area contributed by atoms with Crippen molar-refractivity contribution in [3.05, 3.63) is 70.0 Å². The molecule has 0 bridgehead atoms. The molecule has 3 rings (SSSR count). The van der Waals surface area contributed by atoms with E-state index in [-0.39, 0.29) is 17.4 Å². The van der Waals surface area contributed by atoms with Crippen molar-refractivity contribution in [1.82, 2.24) is 20.4 Å². The maximum absolute atomic E-state index is 12.4. The van der Waals surface area contributed by atoms with Gasteiger partial charge in [0.2, 0.25) is 17.8 Å². The lowest BCUT2D eigenvalue weighted by atomic mass is 10.0. The van der Waals surface area contributed by atoms with Gasteiger partial charge in [-0.15, -0.1) is 0 Å². The number of aromatic nitrogens is 3. The normalized spacial score (nSPS) is 10.8. The van der Waals surface area contributed by atoms with Crippen molar-refractivity contribution < 1.29 is 9.32 Å². The molecular formula is C18H18N4O3. The summed E-state index contributed by atoms with van der Waals surface area (Å²) in [4.78, 5) is 30.6. The number of hydrogen-bond acceptors (Lipinski definition) is 5. The van der Waals surface area contributed by atoms with Gasteiger partial charge in [-0.1, -0.05) is 43.3 Å². The fourth-order valence-corrected chi connectivity index (χ4v) is 2.49. The van der Waals surface area contributed by atoms with Crippen molar-refractivity contribution in [2.24, 2.45) is 0 Å². The Morgan fingerprint density at radius 1 is 1.20 bits per heavy atom. The van der Waals surface area contributed by atoms with Crippen molar-refractivity contribution in [2.75, 3.05) is 0 Å². The Bertz CT molecular complexity index is 912. The first-order chi connectivity index (χ1) is 12.0. The molecule has 2 heterocycles. The lowest BCUT2D eigenvalue weighted by Gasteiger charge is -2.12. The summed E-state index contributed by atoms with van der Waals surface area (Å²) in [6.07, 6.45) is 1.28. The molecule has 3 aromatic rings. The average Bonchev–Trinajstić information content (AvgIpc) is 3.14. The fraction of sp³-hybridized carbons (Fsp3) is 0.222. The Morgan fingerprint density at radius 3 is 2.60 bits per heavy atom. The zero-order chi connectivity index (χ0) is 17.8. The summed E-state index contributed by atoms with van der Waals surface area (Å²) < 4.78 is 4.72. The summed E-state index contributed by atoms with van der Waals surface area (Å²) in [6.45, 7) is 4.24. The number of rotatable bonds is 5. The van der Waals surface area contributed by atoms with Crippen molar-refractivity contribution in [3.8, 4) is 11.4 Å². The van der Waals surface area contributed by atoms with Crippen LogP contribution in [-0.2, 0) is 6.54 Å². The molecule has 1 aromatic carbocycles. The van der Waals surface area contributed by atoms with E-state index in [0.717, 1.165) is 11.1 Å². The molecule has 0 aliphatic rings. The van der Waals surface area contributed by atoms with Gasteiger partial charge in [-0.05, 0) is 17.5 Å². The minimum Gasteiger partial charge on any atom is -0.348 e. The molecule has 128 valence electrons. The van der Waals surface area contributed by atoms with E-state index in [1.54, 1.807) is 6.07 Å². The van der Waals surface area contributed by atoms with Gasteiger partial charge in [0.05, 0.1) is 5.56 Å². The number of pyridine rings is 1. The molecule has 0 aliphatic carbocycles. The Morgan fingerprint density at radius 2 is 1.96 bits per heavy atom. The topological polar surface area (TPSA) is 101 Å². The van der Waals surface area contributed by atoms with E-state index in [2.05, 4.69) is 20.4 Å². The predicted octanol–water partition coefficient (Wildman–Crippen LogP) is 2.48. The van der Waals surface area contributed by atoms with Crippen LogP contribution in [0.15, 0.2) is 52.1 Å². The van der Waals surface area contributed by atoms with Gasteiger partial charge in [-0.3, -0.25) is 9.59 Å². The first kappa shape index (κ1) is 16.6. The first-order valence-electron chi connectivity index (χ1n) is 7.91. The van der Waals surface area contributed by atoms with Crippen molar-refractivity contribution in [2.45, 2.75) is 26.3 Å². The van der Waals surface area contributed by atoms with Crippen LogP contribution in [0.3, 0.4) is 0 Å². The smallest absolute Gasteiger partial charge is 0.253 e. The predicted molar refractivity (Wildman–Crippen MR) is 92.1 cm³/mol. The van der Waals surface area contributed by atoms with Crippen LogP contribution >= 0.6 is 0 Å². The highest BCUT2D eigenvalue weighted by molar-refractivity contribution is 5.95. The highest BCUT2D eigenvalue weighted by Gasteiger charge is 2.14. The highest BCUT2D eigenvalue weighted by Crippen LogP contribution is 2.16. The molecule has 7 nitrogen and oxygen atoms in total. The summed E-state index contributed by atoms with van der Waals surface area (Å²) >= 11 is 0. The van der Waals surface area contributed by atoms with Crippen LogP contribution in [0.2, 0.25) is 0 Å². The molecule has 0 saturated carbocycles. The average molecular weight is 338 g/mol. The molecule has 0 unspecified atom stereocenters. The van der Waals surface area contributed by atoms with Gasteiger partial charge in [0.25, 0.3) is 5.91 Å². The monoisotopic (exact) mass is 338 g/mol. The molecule has 2 aromatic heterocycles. The maximum atomic E-state index is 12.4. The number of aromatic amines is 1. The molecule has 0 radical (unpaired) electrons. The minimum atomic E-state index is -0.220. The summed E-state index contributed by atoms with van der Waals surface area (Å²) in [5, 5.41) is 6.65. The van der Waals surface area contributed by atoms with Gasteiger partial charge in [0, 0.05) is 23.9 Å². The second-order valence-electron chi connectivity index (χ2n) is 5.94. The lowest BCUT2D eigenvalue weighted by molar-refractivity contribution is 0.0949. The van der Waals surface area contributed by atoms with Gasteiger partial charge in [0.15, 0.2) is 0 Å². The van der Waals surface area contributed by atoms with Gasteiger partial charge >= 0.3 is 0 Å². The number of carbonyl (C=O) groups is 1. The van der Waals surface area contributed by atoms with Crippen LogP contribution in [0, 0.1) is 0 Å². The molecule has 0 atom stereocenters. The van der Waals surface area contributed by atoms with Crippen LogP contribution in [0.5, 0.6) is 0 Å². The Balaban J connectivity index is 1.69. The first-order valence-corrected chi connectivity index (χ1v) is 7.91. The molecule has 7 heteroatoms. The quantitative estimate of drug-likeness (QED) is 0.744. The van der Waals surface area contributed by atoms with Crippen LogP contribution in [0.1, 0.15) is 41.4 Å². The summed E-state index contributed by atoms with van der Waals surface area (Å²) in [7, 11) is 0. The third-order valence-electron chi connectivity index (χ3n) is 3.80. The van der Waals surface area contributed by atoms with Crippen molar-refractivity contribution >= 4 is 5.91 Å². The van der Waals surface area contributed by atoms with Crippen LogP contribution in [0.4, 0.5) is 0 Å². The van der Waals surface area contributed by atoms with E-state index in [9.17, 15) is 9.59 Å². The van der Waals surface area contributed by atoms with Crippen LogP contribution in [-0.4, -0.2) is 21.0 Å². The summed E-state index contributed by atoms with van der Waals surface area (Å²) in [5.74, 6) is 0.344. The van der Waals surface area contributed by atoms with Crippen LogP contribution < -0.4 is 10.9 Å². The number of carbonyl (C=O) groups excluding carboxylic acids is 1. The van der Waals surface area contributed by atoms with Gasteiger partial charge in [-0.2, -0.15) is 4.98 Å². The van der Waals surface area contributed by atoms with Crippen molar-refractivity contribution in [3.63, 3.8) is 0 Å². The van der Waals surface area contributed by atoms with E-state index in [4.69, 9.17) is 4.52 Å². The van der Waals surface area contributed by atoms with E-state index in [1.807, 2.05) is 38.1 Å². The Kier molecular flexibility index (Phi) is 4.74. The Hall–Kier alpha value is -3.22. The molecule has 0 saturated heterocycles. The summed E-state index contributed by atoms with van der Waals surface area (Å²) in [5.41, 5.74) is 2.69. The number of nitrogens with zero attached hydrogens (tertiary/aromatic N) is 2. The number of H-pyrrole nitrogens is 1. The van der Waals surface area contributed by atoms with E-state index >= 15 is 0 Å². The molecule has 0 spiro atoms. The lowest BCUT2D eigenvalue weighted by Crippen LogP contribution is -2.26.